The van der Waals surface area contributed by atoms with Crippen LogP contribution < -0.4 is 5.32 Å². The topological polar surface area (TPSA) is 116 Å². The van der Waals surface area contributed by atoms with E-state index in [0.29, 0.717) is 5.56 Å². The van der Waals surface area contributed by atoms with Crippen LogP contribution in [0.1, 0.15) is 39.3 Å². The summed E-state index contributed by atoms with van der Waals surface area (Å²) in [6.45, 7) is 1.31. The van der Waals surface area contributed by atoms with E-state index in [2.05, 4.69) is 5.32 Å². The first-order valence-electron chi connectivity index (χ1n) is 9.28. The van der Waals surface area contributed by atoms with Gasteiger partial charge in [0.15, 0.2) is 6.10 Å². The van der Waals surface area contributed by atoms with Gasteiger partial charge in [-0.25, -0.2) is 4.79 Å². The van der Waals surface area contributed by atoms with Gasteiger partial charge in [0.05, 0.1) is 16.2 Å². The Morgan fingerprint density at radius 1 is 0.903 bits per heavy atom. The molecule has 0 saturated heterocycles. The highest BCUT2D eigenvalue weighted by Crippen LogP contribution is 2.27. The summed E-state index contributed by atoms with van der Waals surface area (Å²) in [7, 11) is 0. The van der Waals surface area contributed by atoms with E-state index in [1.165, 1.54) is 43.3 Å². The Labute approximate surface area is 177 Å². The highest BCUT2D eigenvalue weighted by molar-refractivity contribution is 6.04. The first-order chi connectivity index (χ1) is 14.9. The molecule has 1 N–H and O–H groups in total. The lowest BCUT2D eigenvalue weighted by Crippen LogP contribution is -2.21. The number of hydrogen-bond acceptors (Lipinski definition) is 6. The predicted octanol–water partition coefficient (Wildman–Crippen LogP) is 4.33. The van der Waals surface area contributed by atoms with Crippen molar-refractivity contribution in [2.24, 2.45) is 0 Å². The molecule has 0 fully saturated rings. The van der Waals surface area contributed by atoms with Crippen molar-refractivity contribution in [3.63, 3.8) is 0 Å². The van der Waals surface area contributed by atoms with Gasteiger partial charge in [-0.15, -0.1) is 0 Å². The Hall–Kier alpha value is -4.33. The van der Waals surface area contributed by atoms with Crippen LogP contribution >= 0.6 is 0 Å². The van der Waals surface area contributed by atoms with Crippen LogP contribution in [0.15, 0.2) is 78.9 Å². The molecule has 0 aromatic heterocycles. The van der Waals surface area contributed by atoms with E-state index < -0.39 is 22.8 Å². The minimum Gasteiger partial charge on any atom is -0.445 e. The second-order valence-electron chi connectivity index (χ2n) is 6.59. The highest BCUT2D eigenvalue weighted by Gasteiger charge is 2.28. The summed E-state index contributed by atoms with van der Waals surface area (Å²) < 4.78 is 5.55. The van der Waals surface area contributed by atoms with Crippen LogP contribution in [0.5, 0.6) is 0 Å². The molecule has 8 heteroatoms. The summed E-state index contributed by atoms with van der Waals surface area (Å²) in [5.74, 6) is -1.68. The summed E-state index contributed by atoms with van der Waals surface area (Å²) >= 11 is 0. The van der Waals surface area contributed by atoms with E-state index in [0.717, 1.165) is 0 Å². The molecule has 0 unspecified atom stereocenters. The van der Waals surface area contributed by atoms with Crippen molar-refractivity contribution in [1.29, 1.82) is 0 Å². The molecular formula is C23H18N2O6. The van der Waals surface area contributed by atoms with Crippen LogP contribution in [0.4, 0.5) is 11.4 Å². The molecule has 156 valence electrons. The van der Waals surface area contributed by atoms with Gasteiger partial charge in [-0.3, -0.25) is 19.7 Å². The summed E-state index contributed by atoms with van der Waals surface area (Å²) in [6, 6.07) is 19.7. The Morgan fingerprint density at radius 2 is 1.52 bits per heavy atom. The van der Waals surface area contributed by atoms with Crippen LogP contribution in [0.25, 0.3) is 0 Å². The zero-order valence-electron chi connectivity index (χ0n) is 16.5. The standard InChI is InChI=1S/C23H18N2O6/c1-15(26)24-20-10-6-5-9-19(20)23(28)31-22(21(27)16-7-3-2-4-8-16)17-11-13-18(14-12-17)25(29)30/h2-14,22H,1H3,(H,24,26)/t22-/m1/s1. The molecular weight excluding hydrogens is 400 g/mol. The highest BCUT2D eigenvalue weighted by atomic mass is 16.6. The van der Waals surface area contributed by atoms with Crippen molar-refractivity contribution in [3.8, 4) is 0 Å². The molecule has 3 aromatic rings. The number of ether oxygens (including phenoxy) is 1. The average molecular weight is 418 g/mol. The fraction of sp³-hybridized carbons (Fsp3) is 0.0870. The van der Waals surface area contributed by atoms with Gasteiger partial charge in [0, 0.05) is 30.2 Å². The largest absolute Gasteiger partial charge is 0.445 e. The number of anilines is 1. The number of ketones is 1. The van der Waals surface area contributed by atoms with Crippen molar-refractivity contribution >= 4 is 29.0 Å². The number of amides is 1. The van der Waals surface area contributed by atoms with Gasteiger partial charge in [0.2, 0.25) is 11.7 Å². The minimum absolute atomic E-state index is 0.0745. The van der Waals surface area contributed by atoms with E-state index in [4.69, 9.17) is 4.74 Å². The van der Waals surface area contributed by atoms with E-state index in [9.17, 15) is 24.5 Å². The monoisotopic (exact) mass is 418 g/mol. The van der Waals surface area contributed by atoms with Gasteiger partial charge in [-0.05, 0) is 24.3 Å². The maximum atomic E-state index is 13.1. The zero-order valence-corrected chi connectivity index (χ0v) is 16.5. The number of carbonyl (C=O) groups excluding carboxylic acids is 3. The number of nitrogens with one attached hydrogen (secondary N) is 1. The Bertz CT molecular complexity index is 1130. The third-order valence-corrected chi connectivity index (χ3v) is 4.39. The van der Waals surface area contributed by atoms with Crippen molar-refractivity contribution < 1.29 is 24.0 Å². The van der Waals surface area contributed by atoms with Gasteiger partial charge in [0.1, 0.15) is 0 Å². The van der Waals surface area contributed by atoms with Crippen molar-refractivity contribution in [1.82, 2.24) is 0 Å². The van der Waals surface area contributed by atoms with E-state index in [-0.39, 0.29) is 28.4 Å². The Kier molecular flexibility index (Phi) is 6.51. The molecule has 0 aliphatic carbocycles. The molecule has 3 aromatic carbocycles. The number of nitro groups is 1. The lowest BCUT2D eigenvalue weighted by Gasteiger charge is -2.18. The smallest absolute Gasteiger partial charge is 0.341 e. The molecule has 0 bridgehead atoms. The number of hydrogen-bond donors (Lipinski definition) is 1. The van der Waals surface area contributed by atoms with E-state index >= 15 is 0 Å². The summed E-state index contributed by atoms with van der Waals surface area (Å²) in [6.07, 6.45) is -1.33. The molecule has 1 amide bonds. The van der Waals surface area contributed by atoms with Crippen LogP contribution in [-0.2, 0) is 9.53 Å². The fourth-order valence-electron chi connectivity index (χ4n) is 2.93. The molecule has 0 spiro atoms. The van der Waals surface area contributed by atoms with Gasteiger partial charge in [0.25, 0.3) is 5.69 Å². The molecule has 0 radical (unpaired) electrons. The molecule has 1 atom stereocenters. The predicted molar refractivity (Wildman–Crippen MR) is 113 cm³/mol. The van der Waals surface area contributed by atoms with Crippen LogP contribution in [0, 0.1) is 10.1 Å². The maximum absolute atomic E-state index is 13.1. The quantitative estimate of drug-likeness (QED) is 0.264. The zero-order chi connectivity index (χ0) is 22.4. The Balaban J connectivity index is 1.97. The molecule has 0 saturated carbocycles. The molecule has 0 aliphatic heterocycles. The van der Waals surface area contributed by atoms with Crippen LogP contribution in [0.3, 0.4) is 0 Å². The van der Waals surface area contributed by atoms with Crippen molar-refractivity contribution in [2.45, 2.75) is 13.0 Å². The molecule has 0 aliphatic rings. The van der Waals surface area contributed by atoms with Gasteiger partial charge in [-0.2, -0.15) is 0 Å². The molecule has 8 nitrogen and oxygen atoms in total. The Morgan fingerprint density at radius 3 is 2.13 bits per heavy atom. The number of nitrogens with zero attached hydrogens (tertiary/aromatic N) is 1. The normalized spacial score (nSPS) is 11.3. The number of carbonyl (C=O) groups is 3. The number of rotatable bonds is 7. The van der Waals surface area contributed by atoms with Gasteiger partial charge >= 0.3 is 5.97 Å². The second kappa shape index (κ2) is 9.45. The van der Waals surface area contributed by atoms with Crippen molar-refractivity contribution in [3.05, 3.63) is 106 Å². The van der Waals surface area contributed by atoms with E-state index in [1.54, 1.807) is 42.5 Å². The third kappa shape index (κ3) is 5.18. The minimum atomic E-state index is -1.33. The van der Waals surface area contributed by atoms with Crippen LogP contribution in [0.2, 0.25) is 0 Å². The third-order valence-electron chi connectivity index (χ3n) is 4.39. The maximum Gasteiger partial charge on any atom is 0.341 e. The number of non-ortho nitro benzene ring substituents is 1. The lowest BCUT2D eigenvalue weighted by molar-refractivity contribution is -0.384. The average Bonchev–Trinajstić information content (AvgIpc) is 2.77. The summed E-state index contributed by atoms with van der Waals surface area (Å²) in [4.78, 5) is 47.8. The second-order valence-corrected chi connectivity index (χ2v) is 6.59. The lowest BCUT2D eigenvalue weighted by atomic mass is 9.99. The molecule has 31 heavy (non-hydrogen) atoms. The molecule has 0 heterocycles. The fourth-order valence-corrected chi connectivity index (χ4v) is 2.93. The summed E-state index contributed by atoms with van der Waals surface area (Å²) in [5.41, 5.74) is 0.760. The number of para-hydroxylation sites is 1. The molecule has 3 rings (SSSR count). The summed E-state index contributed by atoms with van der Waals surface area (Å²) in [5, 5.41) is 13.5. The van der Waals surface area contributed by atoms with Gasteiger partial charge in [-0.1, -0.05) is 42.5 Å². The van der Waals surface area contributed by atoms with Crippen molar-refractivity contribution in [2.75, 3.05) is 5.32 Å². The van der Waals surface area contributed by atoms with E-state index in [1.807, 2.05) is 0 Å². The van der Waals surface area contributed by atoms with Gasteiger partial charge < -0.3 is 10.1 Å². The SMILES string of the molecule is CC(=O)Nc1ccccc1C(=O)O[C@@H](C(=O)c1ccccc1)c1ccc([N+](=O)[O-])cc1. The number of benzene rings is 3. The number of nitro benzene ring substituents is 1. The first-order valence-corrected chi connectivity index (χ1v) is 9.28. The number of Topliss-reactive ketones (excluding diaryl/α,β-unsaturated/α-hetero) is 1. The first kappa shape index (κ1) is 21.4. The van der Waals surface area contributed by atoms with Crippen LogP contribution in [-0.4, -0.2) is 22.6 Å². The number of esters is 1.